The number of rotatable bonds is 5. The molecule has 0 aliphatic carbocycles. The molecule has 1 N–H and O–H groups in total. The molecule has 150 valence electrons. The minimum atomic E-state index is -0.427. The first-order valence-corrected chi connectivity index (χ1v) is 9.20. The maximum absolute atomic E-state index is 13.0. The van der Waals surface area contributed by atoms with Crippen molar-refractivity contribution in [1.29, 1.82) is 0 Å². The van der Waals surface area contributed by atoms with E-state index in [9.17, 15) is 18.8 Å². The maximum atomic E-state index is 13.0. The molecule has 0 fully saturated rings. The van der Waals surface area contributed by atoms with Crippen LogP contribution in [0.25, 0.3) is 6.08 Å². The van der Waals surface area contributed by atoms with Crippen LogP contribution in [0.15, 0.2) is 54.7 Å². The molecule has 7 heteroatoms. The molecule has 3 rings (SSSR count). The van der Waals surface area contributed by atoms with E-state index >= 15 is 0 Å². The summed E-state index contributed by atoms with van der Waals surface area (Å²) in [5, 5.41) is 2.63. The van der Waals surface area contributed by atoms with Crippen LogP contribution in [0.5, 0.6) is 0 Å². The Kier molecular flexibility index (Phi) is 6.07. The molecule has 0 bridgehead atoms. The molecule has 2 aromatic rings. The van der Waals surface area contributed by atoms with Crippen LogP contribution in [-0.4, -0.2) is 41.1 Å². The summed E-state index contributed by atoms with van der Waals surface area (Å²) in [6.45, 7) is 1.30. The van der Waals surface area contributed by atoms with E-state index in [1.165, 1.54) is 48.0 Å². The van der Waals surface area contributed by atoms with Crippen molar-refractivity contribution < 1.29 is 18.8 Å². The lowest BCUT2D eigenvalue weighted by Crippen LogP contribution is -2.39. The number of carbonyl (C=O) groups excluding carboxylic acids is 3. The van der Waals surface area contributed by atoms with Gasteiger partial charge in [-0.25, -0.2) is 4.39 Å². The summed E-state index contributed by atoms with van der Waals surface area (Å²) >= 11 is 0. The van der Waals surface area contributed by atoms with E-state index in [0.29, 0.717) is 5.69 Å². The van der Waals surface area contributed by atoms with Gasteiger partial charge < -0.3 is 15.1 Å². The summed E-state index contributed by atoms with van der Waals surface area (Å²) in [7, 11) is 1.54. The Morgan fingerprint density at radius 1 is 1.10 bits per heavy atom. The molecular weight excluding hydrogens is 373 g/mol. The number of nitrogens with zero attached hydrogens (tertiary/aromatic N) is 2. The fourth-order valence-corrected chi connectivity index (χ4v) is 3.27. The molecule has 1 aliphatic rings. The molecule has 1 heterocycles. The lowest BCUT2D eigenvalue weighted by Gasteiger charge is -2.33. The zero-order valence-corrected chi connectivity index (χ0v) is 16.3. The molecule has 3 amide bonds. The Morgan fingerprint density at radius 2 is 1.79 bits per heavy atom. The molecule has 29 heavy (non-hydrogen) atoms. The summed E-state index contributed by atoms with van der Waals surface area (Å²) < 4.78 is 13.0. The molecule has 0 spiro atoms. The van der Waals surface area contributed by atoms with E-state index in [0.717, 1.165) is 11.1 Å². The quantitative estimate of drug-likeness (QED) is 0.845. The van der Waals surface area contributed by atoms with E-state index in [1.54, 1.807) is 6.20 Å². The number of likely N-dealkylation sites (N-methyl/N-ethyl adjacent to an activating group) is 1. The highest BCUT2D eigenvalue weighted by molar-refractivity contribution is 5.94. The number of halogens is 1. The maximum Gasteiger partial charge on any atom is 0.243 e. The highest BCUT2D eigenvalue weighted by Gasteiger charge is 2.29. The Balaban J connectivity index is 1.66. The Hall–Kier alpha value is -3.48. The molecule has 0 saturated carbocycles. The number of carbonyl (C=O) groups is 3. The largest absolute Gasteiger partial charge is 0.336 e. The predicted octanol–water partition coefficient (Wildman–Crippen LogP) is 3.19. The van der Waals surface area contributed by atoms with Crippen LogP contribution in [0.2, 0.25) is 0 Å². The average molecular weight is 395 g/mol. The van der Waals surface area contributed by atoms with Gasteiger partial charge in [0.1, 0.15) is 5.82 Å². The first kappa shape index (κ1) is 20.3. The first-order valence-electron chi connectivity index (χ1n) is 9.20. The average Bonchev–Trinajstić information content (AvgIpc) is 2.69. The fraction of sp³-hybridized carbons (Fsp3) is 0.227. The summed E-state index contributed by atoms with van der Waals surface area (Å²) in [5.41, 5.74) is 2.30. The Bertz CT molecular complexity index is 956. The molecule has 0 aromatic heterocycles. The molecule has 6 nitrogen and oxygen atoms in total. The van der Waals surface area contributed by atoms with Crippen LogP contribution >= 0.6 is 0 Å². The van der Waals surface area contributed by atoms with E-state index in [-0.39, 0.29) is 30.7 Å². The van der Waals surface area contributed by atoms with Gasteiger partial charge in [0.25, 0.3) is 0 Å². The van der Waals surface area contributed by atoms with Crippen LogP contribution in [0, 0.1) is 5.82 Å². The number of hydrogen-bond acceptors (Lipinski definition) is 3. The summed E-state index contributed by atoms with van der Waals surface area (Å²) in [6.07, 6.45) is 3.59. The van der Waals surface area contributed by atoms with Gasteiger partial charge in [0.15, 0.2) is 0 Å². The van der Waals surface area contributed by atoms with Crippen molar-refractivity contribution in [2.45, 2.75) is 19.4 Å². The van der Waals surface area contributed by atoms with E-state index in [1.807, 2.05) is 30.3 Å². The molecule has 1 aliphatic heterocycles. The predicted molar refractivity (Wildman–Crippen MR) is 108 cm³/mol. The molecule has 1 atom stereocenters. The van der Waals surface area contributed by atoms with Crippen LogP contribution in [0.1, 0.15) is 30.5 Å². The van der Waals surface area contributed by atoms with Gasteiger partial charge in [0.05, 0.1) is 19.0 Å². The molecule has 0 saturated heterocycles. The minimum Gasteiger partial charge on any atom is -0.336 e. The van der Waals surface area contributed by atoms with Crippen LogP contribution in [0.3, 0.4) is 0 Å². The van der Waals surface area contributed by atoms with Crippen molar-refractivity contribution in [1.82, 2.24) is 9.80 Å². The summed E-state index contributed by atoms with van der Waals surface area (Å²) in [4.78, 5) is 39.8. The van der Waals surface area contributed by atoms with Crippen molar-refractivity contribution in [3.8, 4) is 0 Å². The van der Waals surface area contributed by atoms with E-state index in [4.69, 9.17) is 0 Å². The van der Waals surface area contributed by atoms with Crippen molar-refractivity contribution in [2.24, 2.45) is 0 Å². The normalized spacial score (nSPS) is 14.9. The lowest BCUT2D eigenvalue weighted by atomic mass is 9.93. The van der Waals surface area contributed by atoms with Gasteiger partial charge in [-0.05, 0) is 41.5 Å². The molecule has 2 aromatic carbocycles. The van der Waals surface area contributed by atoms with Gasteiger partial charge in [-0.15, -0.1) is 0 Å². The number of anilines is 1. The van der Waals surface area contributed by atoms with Crippen molar-refractivity contribution >= 4 is 29.5 Å². The van der Waals surface area contributed by atoms with E-state index in [2.05, 4.69) is 5.32 Å². The van der Waals surface area contributed by atoms with E-state index < -0.39 is 11.9 Å². The summed E-state index contributed by atoms with van der Waals surface area (Å²) in [6, 6.07) is 12.6. The van der Waals surface area contributed by atoms with Crippen molar-refractivity contribution in [2.75, 3.05) is 18.9 Å². The van der Waals surface area contributed by atoms with Gasteiger partial charge >= 0.3 is 0 Å². The summed E-state index contributed by atoms with van der Waals surface area (Å²) in [5.74, 6) is -1.21. The second kappa shape index (κ2) is 8.68. The van der Waals surface area contributed by atoms with Gasteiger partial charge in [0.2, 0.25) is 17.7 Å². The second-order valence-electron chi connectivity index (χ2n) is 6.90. The smallest absolute Gasteiger partial charge is 0.243 e. The monoisotopic (exact) mass is 395 g/mol. The highest BCUT2D eigenvalue weighted by Crippen LogP contribution is 2.33. The van der Waals surface area contributed by atoms with Crippen LogP contribution < -0.4 is 5.32 Å². The minimum absolute atomic E-state index is 0.0568. The number of benzene rings is 2. The molecular formula is C22H22FN3O3. The lowest BCUT2D eigenvalue weighted by molar-refractivity contribution is -0.136. The van der Waals surface area contributed by atoms with Crippen molar-refractivity contribution in [3.05, 3.63) is 71.7 Å². The number of fused-ring (bicyclic) bond motifs is 1. The Morgan fingerprint density at radius 3 is 2.48 bits per heavy atom. The van der Waals surface area contributed by atoms with Crippen molar-refractivity contribution in [3.63, 3.8) is 0 Å². The van der Waals surface area contributed by atoms with Gasteiger partial charge in [-0.2, -0.15) is 0 Å². The highest BCUT2D eigenvalue weighted by atomic mass is 19.1. The molecule has 0 unspecified atom stereocenters. The van der Waals surface area contributed by atoms with Gasteiger partial charge in [0, 0.05) is 25.9 Å². The van der Waals surface area contributed by atoms with Crippen LogP contribution in [-0.2, 0) is 14.4 Å². The third-order valence-corrected chi connectivity index (χ3v) is 4.77. The fourth-order valence-electron chi connectivity index (χ4n) is 3.27. The second-order valence-corrected chi connectivity index (χ2v) is 6.90. The molecule has 0 radical (unpaired) electrons. The van der Waals surface area contributed by atoms with Gasteiger partial charge in [-0.1, -0.05) is 24.3 Å². The SMILES string of the molecule is CC(=O)N1C=Cc2ccccc2[C@@H]1CC(=O)N(C)CC(=O)Nc1ccc(F)cc1. The standard InChI is InChI=1S/C22H22FN3O3/c1-15(27)26-12-11-16-5-3-4-6-19(16)20(26)13-22(29)25(2)14-21(28)24-18-9-7-17(23)8-10-18/h3-12,20H,13-14H2,1-2H3,(H,24,28)/t20-/m0/s1. The topological polar surface area (TPSA) is 69.7 Å². The zero-order chi connectivity index (χ0) is 21.0. The Labute approximate surface area is 168 Å². The number of hydrogen-bond donors (Lipinski definition) is 1. The number of amides is 3. The third-order valence-electron chi connectivity index (χ3n) is 4.77. The first-order chi connectivity index (χ1) is 13.8. The number of nitrogens with one attached hydrogen (secondary N) is 1. The van der Waals surface area contributed by atoms with Crippen LogP contribution in [0.4, 0.5) is 10.1 Å². The zero-order valence-electron chi connectivity index (χ0n) is 16.3. The van der Waals surface area contributed by atoms with Gasteiger partial charge in [-0.3, -0.25) is 14.4 Å². The third kappa shape index (κ3) is 4.87.